The Morgan fingerprint density at radius 1 is 1.40 bits per heavy atom. The molecule has 0 N–H and O–H groups in total. The predicted octanol–water partition coefficient (Wildman–Crippen LogP) is 3.05. The molecule has 0 aliphatic rings. The van der Waals surface area contributed by atoms with Crippen LogP contribution in [0.25, 0.3) is 11.0 Å². The standard InChI is InChI=1S/C12H11NO5S2/c1-8-6-12(14)18-11-7-9(2-3-10(8)11)20-19-5-4-17-13(15)16/h2-3,6-7H,4-5H2,1H3. The highest BCUT2D eigenvalue weighted by molar-refractivity contribution is 8.76. The van der Waals surface area contributed by atoms with Gasteiger partial charge in [0.2, 0.25) is 0 Å². The topological polar surface area (TPSA) is 82.6 Å². The maximum absolute atomic E-state index is 11.3. The summed E-state index contributed by atoms with van der Waals surface area (Å²) in [6.07, 6.45) is 0. The van der Waals surface area contributed by atoms with Crippen molar-refractivity contribution in [1.29, 1.82) is 0 Å². The van der Waals surface area contributed by atoms with E-state index in [0.29, 0.717) is 11.3 Å². The lowest BCUT2D eigenvalue weighted by molar-refractivity contribution is -0.756. The lowest BCUT2D eigenvalue weighted by Crippen LogP contribution is -2.03. The van der Waals surface area contributed by atoms with Crippen molar-refractivity contribution in [2.45, 2.75) is 11.8 Å². The molecule has 0 fully saturated rings. The maximum Gasteiger partial charge on any atom is 0.336 e. The van der Waals surface area contributed by atoms with Crippen LogP contribution in [0.2, 0.25) is 0 Å². The summed E-state index contributed by atoms with van der Waals surface area (Å²) >= 11 is 0. The van der Waals surface area contributed by atoms with E-state index in [1.165, 1.54) is 27.7 Å². The highest BCUT2D eigenvalue weighted by Crippen LogP contribution is 2.33. The normalized spacial score (nSPS) is 10.7. The lowest BCUT2D eigenvalue weighted by atomic mass is 10.1. The van der Waals surface area contributed by atoms with E-state index >= 15 is 0 Å². The molecule has 106 valence electrons. The zero-order valence-corrected chi connectivity index (χ0v) is 12.2. The van der Waals surface area contributed by atoms with Crippen LogP contribution in [0.1, 0.15) is 5.56 Å². The summed E-state index contributed by atoms with van der Waals surface area (Å²) in [7, 11) is 2.88. The molecule has 1 heterocycles. The average Bonchev–Trinajstić information content (AvgIpc) is 2.37. The second-order valence-electron chi connectivity index (χ2n) is 3.87. The van der Waals surface area contributed by atoms with Crippen molar-refractivity contribution in [3.63, 3.8) is 0 Å². The second-order valence-corrected chi connectivity index (χ2v) is 6.36. The molecule has 1 aromatic heterocycles. The molecule has 0 unspecified atom stereocenters. The third-order valence-corrected chi connectivity index (χ3v) is 4.77. The van der Waals surface area contributed by atoms with Gasteiger partial charge in [-0.15, -0.1) is 10.1 Å². The summed E-state index contributed by atoms with van der Waals surface area (Å²) in [6, 6.07) is 7.06. The Morgan fingerprint density at radius 3 is 2.95 bits per heavy atom. The Balaban J connectivity index is 2.01. The van der Waals surface area contributed by atoms with Crippen LogP contribution in [-0.4, -0.2) is 17.4 Å². The number of hydrogen-bond acceptors (Lipinski definition) is 7. The maximum atomic E-state index is 11.3. The first-order valence-electron chi connectivity index (χ1n) is 5.67. The third-order valence-electron chi connectivity index (χ3n) is 2.44. The number of hydrogen-bond donors (Lipinski definition) is 0. The van der Waals surface area contributed by atoms with E-state index in [9.17, 15) is 14.9 Å². The SMILES string of the molecule is Cc1cc(=O)oc2cc(SSCCO[N+](=O)[O-])ccc12. The minimum absolute atomic E-state index is 0.0481. The molecule has 0 aliphatic carbocycles. The van der Waals surface area contributed by atoms with Crippen LogP contribution >= 0.6 is 21.6 Å². The van der Waals surface area contributed by atoms with E-state index in [1.807, 2.05) is 19.1 Å². The molecule has 1 aromatic carbocycles. The van der Waals surface area contributed by atoms with Gasteiger partial charge in [0.25, 0.3) is 5.09 Å². The van der Waals surface area contributed by atoms with Crippen molar-refractivity contribution >= 4 is 32.6 Å². The molecule has 2 rings (SSSR count). The van der Waals surface area contributed by atoms with Gasteiger partial charge in [-0.05, 0) is 30.7 Å². The smallest absolute Gasteiger partial charge is 0.336 e. The molecule has 0 saturated carbocycles. The van der Waals surface area contributed by atoms with Gasteiger partial charge < -0.3 is 9.25 Å². The van der Waals surface area contributed by atoms with Crippen molar-refractivity contribution in [2.75, 3.05) is 12.4 Å². The molecule has 8 heteroatoms. The van der Waals surface area contributed by atoms with Crippen molar-refractivity contribution < 1.29 is 14.3 Å². The molecule has 2 aromatic rings. The monoisotopic (exact) mass is 313 g/mol. The average molecular weight is 313 g/mol. The molecule has 6 nitrogen and oxygen atoms in total. The molecule has 0 amide bonds. The van der Waals surface area contributed by atoms with Crippen LogP contribution in [0.3, 0.4) is 0 Å². The van der Waals surface area contributed by atoms with Crippen LogP contribution < -0.4 is 5.63 Å². The summed E-state index contributed by atoms with van der Waals surface area (Å²) in [5.41, 5.74) is 1.05. The Bertz CT molecular complexity index is 685. The summed E-state index contributed by atoms with van der Waals surface area (Å²) < 4.78 is 5.15. The largest absolute Gasteiger partial charge is 0.423 e. The fourth-order valence-electron chi connectivity index (χ4n) is 1.61. The first-order valence-corrected chi connectivity index (χ1v) is 7.99. The minimum atomic E-state index is -0.807. The van der Waals surface area contributed by atoms with Gasteiger partial charge >= 0.3 is 5.63 Å². The zero-order valence-electron chi connectivity index (χ0n) is 10.5. The molecule has 0 atom stereocenters. The fraction of sp³-hybridized carbons (Fsp3) is 0.250. The molecular formula is C12H11NO5S2. The molecule has 0 bridgehead atoms. The highest BCUT2D eigenvalue weighted by atomic mass is 33.1. The zero-order chi connectivity index (χ0) is 14.5. The molecule has 20 heavy (non-hydrogen) atoms. The van der Waals surface area contributed by atoms with E-state index in [1.54, 1.807) is 6.07 Å². The van der Waals surface area contributed by atoms with Crippen LogP contribution in [0.4, 0.5) is 0 Å². The number of fused-ring (bicyclic) bond motifs is 1. The lowest BCUT2D eigenvalue weighted by Gasteiger charge is -2.04. The van der Waals surface area contributed by atoms with Gasteiger partial charge in [0, 0.05) is 22.1 Å². The van der Waals surface area contributed by atoms with Crippen LogP contribution in [0, 0.1) is 17.0 Å². The number of nitrogens with zero attached hydrogens (tertiary/aromatic N) is 1. The van der Waals surface area contributed by atoms with Crippen LogP contribution in [-0.2, 0) is 4.84 Å². The third kappa shape index (κ3) is 3.91. The summed E-state index contributed by atoms with van der Waals surface area (Å²) in [4.78, 5) is 26.4. The van der Waals surface area contributed by atoms with Crippen molar-refractivity contribution in [2.24, 2.45) is 0 Å². The minimum Gasteiger partial charge on any atom is -0.423 e. The summed E-state index contributed by atoms with van der Waals surface area (Å²) in [6.45, 7) is 1.90. The molecule has 0 spiro atoms. The van der Waals surface area contributed by atoms with Gasteiger partial charge in [-0.1, -0.05) is 21.6 Å². The Labute approximate surface area is 122 Å². The Hall–Kier alpha value is -1.67. The fourth-order valence-corrected chi connectivity index (χ4v) is 3.43. The van der Waals surface area contributed by atoms with E-state index in [0.717, 1.165) is 15.8 Å². The van der Waals surface area contributed by atoms with Gasteiger partial charge in [0.1, 0.15) is 12.2 Å². The number of benzene rings is 1. The van der Waals surface area contributed by atoms with Gasteiger partial charge in [-0.3, -0.25) is 0 Å². The molecule has 0 saturated heterocycles. The Kier molecular flexibility index (Phi) is 4.91. The second kappa shape index (κ2) is 6.67. The first kappa shape index (κ1) is 14.7. The van der Waals surface area contributed by atoms with E-state index < -0.39 is 5.09 Å². The summed E-state index contributed by atoms with van der Waals surface area (Å²) in [5.74, 6) is 0.488. The van der Waals surface area contributed by atoms with Crippen LogP contribution in [0.15, 0.2) is 38.4 Å². The number of rotatable bonds is 6. The van der Waals surface area contributed by atoms with Crippen molar-refractivity contribution in [1.82, 2.24) is 0 Å². The Morgan fingerprint density at radius 2 is 2.20 bits per heavy atom. The van der Waals surface area contributed by atoms with Crippen molar-refractivity contribution in [3.05, 3.63) is 50.4 Å². The first-order chi connectivity index (χ1) is 9.56. The highest BCUT2D eigenvalue weighted by Gasteiger charge is 2.04. The van der Waals surface area contributed by atoms with E-state index in [2.05, 4.69) is 4.84 Å². The van der Waals surface area contributed by atoms with E-state index in [-0.39, 0.29) is 12.2 Å². The molecule has 0 aliphatic heterocycles. The molecular weight excluding hydrogens is 302 g/mol. The predicted molar refractivity (Wildman–Crippen MR) is 78.5 cm³/mol. The number of aryl methyl sites for hydroxylation is 1. The van der Waals surface area contributed by atoms with E-state index in [4.69, 9.17) is 4.42 Å². The van der Waals surface area contributed by atoms with Gasteiger partial charge in [0.15, 0.2) is 0 Å². The quantitative estimate of drug-likeness (QED) is 0.266. The molecule has 0 radical (unpaired) electrons. The van der Waals surface area contributed by atoms with Crippen LogP contribution in [0.5, 0.6) is 0 Å². The van der Waals surface area contributed by atoms with Gasteiger partial charge in [0.05, 0.1) is 0 Å². The van der Waals surface area contributed by atoms with Crippen molar-refractivity contribution in [3.8, 4) is 0 Å². The van der Waals surface area contributed by atoms with Gasteiger partial charge in [-0.25, -0.2) is 4.79 Å². The summed E-state index contributed by atoms with van der Waals surface area (Å²) in [5, 5.41) is 10.1. The van der Waals surface area contributed by atoms with Gasteiger partial charge in [-0.2, -0.15) is 0 Å².